The Bertz CT molecular complexity index is 467. The molecule has 82 valence electrons. The Balaban J connectivity index is 2.09. The van der Waals surface area contributed by atoms with Crippen molar-refractivity contribution in [1.82, 2.24) is 9.97 Å². The van der Waals surface area contributed by atoms with Crippen molar-refractivity contribution in [3.63, 3.8) is 0 Å². The molecule has 6 nitrogen and oxygen atoms in total. The molecule has 0 bridgehead atoms. The SMILES string of the molecule is NNc1ccc(C(=O)Nc2nccs2)cn1. The zero-order valence-corrected chi connectivity index (χ0v) is 8.99. The number of hydrogen-bond acceptors (Lipinski definition) is 6. The van der Waals surface area contributed by atoms with Gasteiger partial charge in [-0.1, -0.05) is 0 Å². The number of amides is 1. The van der Waals surface area contributed by atoms with Crippen LogP contribution < -0.4 is 16.6 Å². The summed E-state index contributed by atoms with van der Waals surface area (Å²) in [4.78, 5) is 19.6. The van der Waals surface area contributed by atoms with E-state index in [0.717, 1.165) is 0 Å². The van der Waals surface area contributed by atoms with Gasteiger partial charge in [0.2, 0.25) is 0 Å². The number of hydrogen-bond donors (Lipinski definition) is 3. The highest BCUT2D eigenvalue weighted by Gasteiger charge is 2.07. The van der Waals surface area contributed by atoms with Crippen molar-refractivity contribution in [2.75, 3.05) is 10.7 Å². The molecule has 2 aromatic rings. The molecule has 0 fully saturated rings. The summed E-state index contributed by atoms with van der Waals surface area (Å²) in [6.07, 6.45) is 3.07. The summed E-state index contributed by atoms with van der Waals surface area (Å²) in [6.45, 7) is 0. The van der Waals surface area contributed by atoms with Crippen molar-refractivity contribution in [1.29, 1.82) is 0 Å². The second-order valence-electron chi connectivity index (χ2n) is 2.87. The molecule has 0 saturated carbocycles. The van der Waals surface area contributed by atoms with Gasteiger partial charge in [0.15, 0.2) is 5.13 Å². The highest BCUT2D eigenvalue weighted by Crippen LogP contribution is 2.12. The Labute approximate surface area is 95.5 Å². The first-order valence-corrected chi connectivity index (χ1v) is 5.31. The van der Waals surface area contributed by atoms with Gasteiger partial charge >= 0.3 is 0 Å². The molecule has 1 amide bonds. The van der Waals surface area contributed by atoms with Crippen LogP contribution in [0.5, 0.6) is 0 Å². The first kappa shape index (κ1) is 10.5. The van der Waals surface area contributed by atoms with Crippen LogP contribution in [0, 0.1) is 0 Å². The van der Waals surface area contributed by atoms with E-state index in [0.29, 0.717) is 16.5 Å². The largest absolute Gasteiger partial charge is 0.308 e. The number of rotatable bonds is 3. The topological polar surface area (TPSA) is 92.9 Å². The highest BCUT2D eigenvalue weighted by atomic mass is 32.1. The third-order valence-electron chi connectivity index (χ3n) is 1.83. The van der Waals surface area contributed by atoms with E-state index in [1.165, 1.54) is 17.5 Å². The molecular formula is C9H9N5OS. The van der Waals surface area contributed by atoms with E-state index in [-0.39, 0.29) is 5.91 Å². The number of hydrazine groups is 1. The number of carbonyl (C=O) groups excluding carboxylic acids is 1. The second kappa shape index (κ2) is 4.69. The molecule has 0 spiro atoms. The van der Waals surface area contributed by atoms with Crippen LogP contribution in [0.3, 0.4) is 0 Å². The van der Waals surface area contributed by atoms with Crippen molar-refractivity contribution < 1.29 is 4.79 Å². The molecule has 2 aromatic heterocycles. The lowest BCUT2D eigenvalue weighted by Crippen LogP contribution is -2.13. The fourth-order valence-corrected chi connectivity index (χ4v) is 1.59. The molecule has 0 aromatic carbocycles. The Morgan fingerprint density at radius 1 is 1.38 bits per heavy atom. The molecule has 2 heterocycles. The van der Waals surface area contributed by atoms with Crippen molar-refractivity contribution in [3.8, 4) is 0 Å². The van der Waals surface area contributed by atoms with Crippen LogP contribution in [-0.2, 0) is 0 Å². The Kier molecular flexibility index (Phi) is 3.08. The minimum Gasteiger partial charge on any atom is -0.308 e. The molecule has 16 heavy (non-hydrogen) atoms. The van der Waals surface area contributed by atoms with Crippen LogP contribution in [0.25, 0.3) is 0 Å². The number of pyridine rings is 1. The van der Waals surface area contributed by atoms with E-state index in [1.807, 2.05) is 0 Å². The summed E-state index contributed by atoms with van der Waals surface area (Å²) in [7, 11) is 0. The summed E-state index contributed by atoms with van der Waals surface area (Å²) in [5.41, 5.74) is 2.84. The van der Waals surface area contributed by atoms with Gasteiger partial charge < -0.3 is 5.43 Å². The maximum Gasteiger partial charge on any atom is 0.259 e. The average molecular weight is 235 g/mol. The summed E-state index contributed by atoms with van der Waals surface area (Å²) < 4.78 is 0. The Hall–Kier alpha value is -1.99. The van der Waals surface area contributed by atoms with Crippen molar-refractivity contribution in [2.45, 2.75) is 0 Å². The molecule has 7 heteroatoms. The highest BCUT2D eigenvalue weighted by molar-refractivity contribution is 7.13. The molecule has 0 unspecified atom stereocenters. The first-order chi connectivity index (χ1) is 7.79. The van der Waals surface area contributed by atoms with Crippen LogP contribution in [0.1, 0.15) is 10.4 Å². The first-order valence-electron chi connectivity index (χ1n) is 4.43. The number of nitrogens with one attached hydrogen (secondary N) is 2. The van der Waals surface area contributed by atoms with Gasteiger partial charge in [0.05, 0.1) is 5.56 Å². The standard InChI is InChI=1S/C9H9N5OS/c10-14-7-2-1-6(5-12-7)8(15)13-9-11-3-4-16-9/h1-5H,10H2,(H,12,14)(H,11,13,15). The monoisotopic (exact) mass is 235 g/mol. The maximum atomic E-state index is 11.7. The lowest BCUT2D eigenvalue weighted by molar-refractivity contribution is 0.102. The number of nitrogen functional groups attached to an aromatic ring is 1. The number of nitrogens with two attached hydrogens (primary N) is 1. The van der Waals surface area contributed by atoms with E-state index in [1.54, 1.807) is 23.7 Å². The smallest absolute Gasteiger partial charge is 0.259 e. The third kappa shape index (κ3) is 2.33. The molecule has 0 aliphatic carbocycles. The van der Waals surface area contributed by atoms with Gasteiger partial charge in [0.1, 0.15) is 5.82 Å². The van der Waals surface area contributed by atoms with E-state index in [4.69, 9.17) is 5.84 Å². The van der Waals surface area contributed by atoms with Gasteiger partial charge in [-0.3, -0.25) is 10.1 Å². The minimum atomic E-state index is -0.244. The van der Waals surface area contributed by atoms with E-state index in [9.17, 15) is 4.79 Å². The number of carbonyl (C=O) groups is 1. The predicted octanol–water partition coefficient (Wildman–Crippen LogP) is 1.08. The van der Waals surface area contributed by atoms with Crippen LogP contribution in [0.4, 0.5) is 10.9 Å². The zero-order valence-electron chi connectivity index (χ0n) is 8.18. The van der Waals surface area contributed by atoms with Crippen LogP contribution in [0.2, 0.25) is 0 Å². The molecule has 0 aliphatic rings. The van der Waals surface area contributed by atoms with Gasteiger partial charge in [-0.25, -0.2) is 15.8 Å². The molecule has 2 rings (SSSR count). The van der Waals surface area contributed by atoms with Crippen LogP contribution in [-0.4, -0.2) is 15.9 Å². The van der Waals surface area contributed by atoms with E-state index < -0.39 is 0 Å². The lowest BCUT2D eigenvalue weighted by Gasteiger charge is -2.02. The summed E-state index contributed by atoms with van der Waals surface area (Å²) in [6, 6.07) is 3.25. The van der Waals surface area contributed by atoms with Gasteiger partial charge in [-0.15, -0.1) is 11.3 Å². The van der Waals surface area contributed by atoms with Crippen LogP contribution >= 0.6 is 11.3 Å². The molecular weight excluding hydrogens is 226 g/mol. The fourth-order valence-electron chi connectivity index (χ4n) is 1.07. The Morgan fingerprint density at radius 3 is 2.81 bits per heavy atom. The number of nitrogens with zero attached hydrogens (tertiary/aromatic N) is 2. The summed E-state index contributed by atoms with van der Waals surface area (Å²) in [5.74, 6) is 5.43. The summed E-state index contributed by atoms with van der Waals surface area (Å²) in [5, 5.41) is 5.00. The third-order valence-corrected chi connectivity index (χ3v) is 2.51. The van der Waals surface area contributed by atoms with Gasteiger partial charge in [0.25, 0.3) is 5.91 Å². The second-order valence-corrected chi connectivity index (χ2v) is 3.76. The molecule has 0 aliphatic heterocycles. The minimum absolute atomic E-state index is 0.244. The molecule has 0 radical (unpaired) electrons. The lowest BCUT2D eigenvalue weighted by atomic mass is 10.2. The van der Waals surface area contributed by atoms with Gasteiger partial charge in [-0.2, -0.15) is 0 Å². The molecule has 4 N–H and O–H groups in total. The average Bonchev–Trinajstić information content (AvgIpc) is 2.82. The van der Waals surface area contributed by atoms with Gasteiger partial charge in [0, 0.05) is 17.8 Å². The van der Waals surface area contributed by atoms with E-state index >= 15 is 0 Å². The van der Waals surface area contributed by atoms with Gasteiger partial charge in [-0.05, 0) is 12.1 Å². The number of aromatic nitrogens is 2. The summed E-state index contributed by atoms with van der Waals surface area (Å²) >= 11 is 1.36. The normalized spacial score (nSPS) is 9.81. The number of thiazole rings is 1. The van der Waals surface area contributed by atoms with Crippen molar-refractivity contribution >= 4 is 28.2 Å². The quantitative estimate of drug-likeness (QED) is 0.546. The fraction of sp³-hybridized carbons (Fsp3) is 0. The zero-order chi connectivity index (χ0) is 11.4. The molecule has 0 atom stereocenters. The van der Waals surface area contributed by atoms with Crippen molar-refractivity contribution in [2.24, 2.45) is 5.84 Å². The van der Waals surface area contributed by atoms with E-state index in [2.05, 4.69) is 20.7 Å². The van der Waals surface area contributed by atoms with Crippen LogP contribution in [0.15, 0.2) is 29.9 Å². The predicted molar refractivity (Wildman–Crippen MR) is 62.1 cm³/mol. The Morgan fingerprint density at radius 2 is 2.25 bits per heavy atom. The molecule has 0 saturated heterocycles. The maximum absolute atomic E-state index is 11.7. The number of anilines is 2. The van der Waals surface area contributed by atoms with Crippen molar-refractivity contribution in [3.05, 3.63) is 35.5 Å².